The van der Waals surface area contributed by atoms with Crippen molar-refractivity contribution in [1.82, 2.24) is 16.0 Å². The molecule has 138 valence electrons. The van der Waals surface area contributed by atoms with E-state index in [1.807, 2.05) is 12.1 Å². The zero-order valence-electron chi connectivity index (χ0n) is 15.1. The number of amides is 1. The van der Waals surface area contributed by atoms with E-state index in [2.05, 4.69) is 20.9 Å². The number of aliphatic imine (C=N–C) groups is 1. The van der Waals surface area contributed by atoms with Crippen molar-refractivity contribution in [1.29, 1.82) is 0 Å². The van der Waals surface area contributed by atoms with Crippen LogP contribution in [0.25, 0.3) is 0 Å². The molecule has 0 radical (unpaired) electrons. The van der Waals surface area contributed by atoms with E-state index >= 15 is 0 Å². The largest absolute Gasteiger partial charge is 0.467 e. The molecule has 0 bridgehead atoms. The summed E-state index contributed by atoms with van der Waals surface area (Å²) in [6.07, 6.45) is 11.0. The van der Waals surface area contributed by atoms with Gasteiger partial charge in [-0.25, -0.2) is 0 Å². The minimum atomic E-state index is -0.0738. The minimum absolute atomic E-state index is 0.0738. The highest BCUT2D eigenvalue weighted by molar-refractivity contribution is 5.86. The molecule has 25 heavy (non-hydrogen) atoms. The SMILES string of the molecule is CN=C(NCC(=O)NCc1ccco1)NC1CCC2CCCCC2C1. The van der Waals surface area contributed by atoms with Gasteiger partial charge in [-0.2, -0.15) is 0 Å². The maximum absolute atomic E-state index is 11.9. The number of fused-ring (bicyclic) bond motifs is 1. The highest BCUT2D eigenvalue weighted by Crippen LogP contribution is 2.40. The van der Waals surface area contributed by atoms with Crippen LogP contribution in [0.1, 0.15) is 50.7 Å². The molecule has 1 heterocycles. The van der Waals surface area contributed by atoms with Crippen molar-refractivity contribution in [3.63, 3.8) is 0 Å². The summed E-state index contributed by atoms with van der Waals surface area (Å²) >= 11 is 0. The fourth-order valence-electron chi connectivity index (χ4n) is 4.22. The predicted octanol–water partition coefficient (Wildman–Crippen LogP) is 2.42. The van der Waals surface area contributed by atoms with Crippen LogP contribution in [0, 0.1) is 11.8 Å². The number of hydrogen-bond donors (Lipinski definition) is 3. The summed E-state index contributed by atoms with van der Waals surface area (Å²) in [6, 6.07) is 4.12. The smallest absolute Gasteiger partial charge is 0.239 e. The molecule has 2 aliphatic rings. The second kappa shape index (κ2) is 8.92. The molecule has 2 aliphatic carbocycles. The van der Waals surface area contributed by atoms with E-state index in [0.717, 1.165) is 17.6 Å². The summed E-state index contributed by atoms with van der Waals surface area (Å²) in [5.74, 6) is 3.20. The van der Waals surface area contributed by atoms with Gasteiger partial charge in [0.15, 0.2) is 5.96 Å². The summed E-state index contributed by atoms with van der Waals surface area (Å²) in [5.41, 5.74) is 0. The lowest BCUT2D eigenvalue weighted by Gasteiger charge is -2.39. The average Bonchev–Trinajstić information content (AvgIpc) is 3.17. The Bertz CT molecular complexity index is 570. The Morgan fingerprint density at radius 3 is 2.80 bits per heavy atom. The van der Waals surface area contributed by atoms with Gasteiger partial charge in [0.25, 0.3) is 0 Å². The van der Waals surface area contributed by atoms with Crippen molar-refractivity contribution < 1.29 is 9.21 Å². The van der Waals surface area contributed by atoms with Crippen LogP contribution in [0.15, 0.2) is 27.8 Å². The van der Waals surface area contributed by atoms with E-state index in [4.69, 9.17) is 4.42 Å². The Morgan fingerprint density at radius 1 is 1.20 bits per heavy atom. The van der Waals surface area contributed by atoms with Crippen molar-refractivity contribution in [2.45, 2.75) is 57.5 Å². The molecule has 1 aromatic rings. The Morgan fingerprint density at radius 2 is 2.04 bits per heavy atom. The van der Waals surface area contributed by atoms with E-state index in [1.54, 1.807) is 13.3 Å². The molecule has 3 N–H and O–H groups in total. The zero-order chi connectivity index (χ0) is 17.5. The summed E-state index contributed by atoms with van der Waals surface area (Å²) in [5, 5.41) is 9.45. The van der Waals surface area contributed by atoms with Crippen molar-refractivity contribution in [2.75, 3.05) is 13.6 Å². The number of nitrogens with zero attached hydrogens (tertiary/aromatic N) is 1. The van der Waals surface area contributed by atoms with Crippen LogP contribution in [0.2, 0.25) is 0 Å². The number of carbonyl (C=O) groups is 1. The average molecular weight is 346 g/mol. The highest BCUT2D eigenvalue weighted by Gasteiger charge is 2.32. The molecule has 0 aromatic carbocycles. The van der Waals surface area contributed by atoms with E-state index in [-0.39, 0.29) is 12.5 Å². The van der Waals surface area contributed by atoms with Gasteiger partial charge in [-0.3, -0.25) is 9.79 Å². The molecule has 6 nitrogen and oxygen atoms in total. The summed E-state index contributed by atoms with van der Waals surface area (Å²) < 4.78 is 5.20. The van der Waals surface area contributed by atoms with Crippen LogP contribution >= 0.6 is 0 Å². The lowest BCUT2D eigenvalue weighted by atomic mass is 9.69. The molecular weight excluding hydrogens is 316 g/mol. The molecule has 0 aliphatic heterocycles. The van der Waals surface area contributed by atoms with Crippen molar-refractivity contribution >= 4 is 11.9 Å². The maximum atomic E-state index is 11.9. The third kappa shape index (κ3) is 5.25. The first-order valence-corrected chi connectivity index (χ1v) is 9.51. The number of guanidine groups is 1. The fourth-order valence-corrected chi connectivity index (χ4v) is 4.22. The molecule has 0 saturated heterocycles. The van der Waals surface area contributed by atoms with Crippen LogP contribution in [0.4, 0.5) is 0 Å². The Kier molecular flexibility index (Phi) is 6.36. The van der Waals surface area contributed by atoms with Crippen molar-refractivity contribution in [2.24, 2.45) is 16.8 Å². The third-order valence-electron chi connectivity index (χ3n) is 5.56. The molecule has 3 atom stereocenters. The lowest BCUT2D eigenvalue weighted by Crippen LogP contribution is -2.49. The number of rotatable bonds is 5. The van der Waals surface area contributed by atoms with Gasteiger partial charge < -0.3 is 20.4 Å². The molecule has 3 unspecified atom stereocenters. The molecule has 3 rings (SSSR count). The van der Waals surface area contributed by atoms with Crippen LogP contribution < -0.4 is 16.0 Å². The van der Waals surface area contributed by atoms with Gasteiger partial charge in [0.2, 0.25) is 5.91 Å². The second-order valence-electron chi connectivity index (χ2n) is 7.24. The second-order valence-corrected chi connectivity index (χ2v) is 7.24. The summed E-state index contributed by atoms with van der Waals surface area (Å²) in [7, 11) is 1.75. The summed E-state index contributed by atoms with van der Waals surface area (Å²) in [4.78, 5) is 16.2. The Labute approximate surface area is 149 Å². The number of nitrogens with one attached hydrogen (secondary N) is 3. The van der Waals surface area contributed by atoms with Gasteiger partial charge in [0, 0.05) is 13.1 Å². The third-order valence-corrected chi connectivity index (χ3v) is 5.56. The molecule has 2 fully saturated rings. The topological polar surface area (TPSA) is 78.7 Å². The van der Waals surface area contributed by atoms with Gasteiger partial charge in [0.05, 0.1) is 19.4 Å². The number of carbonyl (C=O) groups excluding carboxylic acids is 1. The van der Waals surface area contributed by atoms with Crippen molar-refractivity contribution in [3.8, 4) is 0 Å². The standard InChI is InChI=1S/C19H30N4O2/c1-20-19(22-13-18(24)21-12-17-7-4-10-25-17)23-16-9-8-14-5-2-3-6-15(14)11-16/h4,7,10,14-16H,2-3,5-6,8-9,11-13H2,1H3,(H,21,24)(H2,20,22,23). The lowest BCUT2D eigenvalue weighted by molar-refractivity contribution is -0.120. The van der Waals surface area contributed by atoms with Gasteiger partial charge >= 0.3 is 0 Å². The van der Waals surface area contributed by atoms with Gasteiger partial charge in [0.1, 0.15) is 5.76 Å². The van der Waals surface area contributed by atoms with Crippen LogP contribution in [-0.2, 0) is 11.3 Å². The van der Waals surface area contributed by atoms with Crippen molar-refractivity contribution in [3.05, 3.63) is 24.2 Å². The summed E-state index contributed by atoms with van der Waals surface area (Å²) in [6.45, 7) is 0.615. The normalized spacial score (nSPS) is 26.6. The molecule has 1 aromatic heterocycles. The van der Waals surface area contributed by atoms with E-state index in [9.17, 15) is 4.79 Å². The first-order valence-electron chi connectivity index (χ1n) is 9.51. The first kappa shape index (κ1) is 17.8. The van der Waals surface area contributed by atoms with E-state index in [0.29, 0.717) is 18.5 Å². The maximum Gasteiger partial charge on any atom is 0.239 e. The zero-order valence-corrected chi connectivity index (χ0v) is 15.1. The van der Waals surface area contributed by atoms with Gasteiger partial charge in [-0.05, 0) is 43.2 Å². The molecular formula is C19H30N4O2. The molecule has 6 heteroatoms. The quantitative estimate of drug-likeness (QED) is 0.565. The number of hydrogen-bond acceptors (Lipinski definition) is 3. The molecule has 0 spiro atoms. The highest BCUT2D eigenvalue weighted by atomic mass is 16.3. The molecule has 2 saturated carbocycles. The predicted molar refractivity (Wildman–Crippen MR) is 98.1 cm³/mol. The first-order chi connectivity index (χ1) is 12.2. The Hall–Kier alpha value is -1.98. The fraction of sp³-hybridized carbons (Fsp3) is 0.684. The van der Waals surface area contributed by atoms with Crippen LogP contribution in [0.3, 0.4) is 0 Å². The molecule has 1 amide bonds. The minimum Gasteiger partial charge on any atom is -0.467 e. The van der Waals surface area contributed by atoms with Gasteiger partial charge in [-0.15, -0.1) is 0 Å². The number of furan rings is 1. The Balaban J connectivity index is 1.38. The van der Waals surface area contributed by atoms with Crippen LogP contribution in [0.5, 0.6) is 0 Å². The van der Waals surface area contributed by atoms with Gasteiger partial charge in [-0.1, -0.05) is 25.7 Å². The van der Waals surface area contributed by atoms with Crippen LogP contribution in [-0.4, -0.2) is 31.5 Å². The monoisotopic (exact) mass is 346 g/mol. The van der Waals surface area contributed by atoms with E-state index in [1.165, 1.54) is 44.9 Å². The van der Waals surface area contributed by atoms with E-state index < -0.39 is 0 Å².